The van der Waals surface area contributed by atoms with Crippen molar-refractivity contribution < 1.29 is 9.32 Å². The zero-order chi connectivity index (χ0) is 17.8. The summed E-state index contributed by atoms with van der Waals surface area (Å²) >= 11 is 5.90. The fourth-order valence-electron chi connectivity index (χ4n) is 2.18. The van der Waals surface area contributed by atoms with Crippen LogP contribution in [0.2, 0.25) is 5.02 Å². The number of carbonyl (C=O) groups is 1. The number of halogens is 1. The van der Waals surface area contributed by atoms with Gasteiger partial charge in [-0.1, -0.05) is 16.8 Å². The van der Waals surface area contributed by atoms with Crippen molar-refractivity contribution in [3.63, 3.8) is 0 Å². The molecule has 3 aromatic rings. The van der Waals surface area contributed by atoms with E-state index in [0.717, 1.165) is 0 Å². The van der Waals surface area contributed by atoms with Gasteiger partial charge in [0.25, 0.3) is 11.4 Å². The van der Waals surface area contributed by atoms with E-state index in [1.807, 2.05) is 6.92 Å². The minimum Gasteiger partial charge on any atom is -0.355 e. The van der Waals surface area contributed by atoms with Crippen molar-refractivity contribution in [1.29, 1.82) is 0 Å². The zero-order valence-corrected chi connectivity index (χ0v) is 14.0. The third-order valence-corrected chi connectivity index (χ3v) is 3.51. The average molecular weight is 360 g/mol. The predicted octanol–water partition coefficient (Wildman–Crippen LogP) is 1.75. The molecule has 0 saturated heterocycles. The fourth-order valence-corrected chi connectivity index (χ4v) is 2.36. The van der Waals surface area contributed by atoms with Gasteiger partial charge in [-0.2, -0.15) is 4.98 Å². The molecule has 1 amide bonds. The van der Waals surface area contributed by atoms with Crippen molar-refractivity contribution in [3.05, 3.63) is 52.2 Å². The Morgan fingerprint density at radius 3 is 2.92 bits per heavy atom. The minimum absolute atomic E-state index is 0.0799. The number of carbonyl (C=O) groups excluding carboxylic acids is 1. The third kappa shape index (κ3) is 3.92. The summed E-state index contributed by atoms with van der Waals surface area (Å²) in [5, 5.41) is 7.00. The normalized spacial score (nSPS) is 10.6. The molecule has 3 aromatic heterocycles. The van der Waals surface area contributed by atoms with Gasteiger partial charge in [0.1, 0.15) is 6.54 Å². The molecule has 0 fully saturated rings. The van der Waals surface area contributed by atoms with Crippen LogP contribution in [0.15, 0.2) is 46.1 Å². The van der Waals surface area contributed by atoms with Gasteiger partial charge in [0, 0.05) is 36.8 Å². The van der Waals surface area contributed by atoms with E-state index >= 15 is 0 Å². The van der Waals surface area contributed by atoms with E-state index in [4.69, 9.17) is 16.1 Å². The topological polar surface area (TPSA) is 103 Å². The second kappa shape index (κ2) is 7.27. The van der Waals surface area contributed by atoms with Crippen LogP contribution >= 0.6 is 11.6 Å². The molecule has 0 aliphatic carbocycles. The summed E-state index contributed by atoms with van der Waals surface area (Å²) in [6.07, 6.45) is 4.57. The Balaban J connectivity index is 1.90. The Morgan fingerprint density at radius 2 is 2.16 bits per heavy atom. The Kier molecular flexibility index (Phi) is 4.90. The largest absolute Gasteiger partial charge is 0.355 e. The number of pyridine rings is 2. The molecule has 0 unspecified atom stereocenters. The Morgan fingerprint density at radius 1 is 1.32 bits per heavy atom. The first-order valence-corrected chi connectivity index (χ1v) is 7.87. The molecule has 0 aliphatic rings. The summed E-state index contributed by atoms with van der Waals surface area (Å²) < 4.78 is 6.51. The molecule has 0 aliphatic heterocycles. The molecular formula is C16H14ClN5O3. The zero-order valence-electron chi connectivity index (χ0n) is 13.3. The highest BCUT2D eigenvalue weighted by Crippen LogP contribution is 2.22. The Hall–Kier alpha value is -3.00. The van der Waals surface area contributed by atoms with Gasteiger partial charge in [0.2, 0.25) is 11.7 Å². The number of nitrogens with zero attached hydrogens (tertiary/aromatic N) is 4. The number of hydrogen-bond donors (Lipinski definition) is 1. The van der Waals surface area contributed by atoms with Crippen LogP contribution in [0.1, 0.15) is 6.92 Å². The van der Waals surface area contributed by atoms with E-state index in [2.05, 4.69) is 20.4 Å². The maximum atomic E-state index is 11.9. The average Bonchev–Trinajstić information content (AvgIpc) is 3.07. The smallest absolute Gasteiger partial charge is 0.259 e. The molecule has 0 spiro atoms. The molecular weight excluding hydrogens is 346 g/mol. The first kappa shape index (κ1) is 16.8. The van der Waals surface area contributed by atoms with Gasteiger partial charge in [0.05, 0.1) is 10.6 Å². The Bertz CT molecular complexity index is 966. The van der Waals surface area contributed by atoms with Crippen molar-refractivity contribution >= 4 is 17.5 Å². The van der Waals surface area contributed by atoms with Gasteiger partial charge in [-0.15, -0.1) is 0 Å². The summed E-state index contributed by atoms with van der Waals surface area (Å²) in [7, 11) is 0. The van der Waals surface area contributed by atoms with E-state index in [-0.39, 0.29) is 23.9 Å². The van der Waals surface area contributed by atoms with Crippen LogP contribution in [-0.2, 0) is 11.3 Å². The van der Waals surface area contributed by atoms with Gasteiger partial charge in [-0.05, 0) is 19.1 Å². The molecule has 8 nitrogen and oxygen atoms in total. The lowest BCUT2D eigenvalue weighted by atomic mass is 10.2. The van der Waals surface area contributed by atoms with Crippen LogP contribution in [0.3, 0.4) is 0 Å². The molecule has 9 heteroatoms. The lowest BCUT2D eigenvalue weighted by Gasteiger charge is -2.06. The highest BCUT2D eigenvalue weighted by Gasteiger charge is 2.13. The maximum Gasteiger partial charge on any atom is 0.259 e. The number of nitrogens with one attached hydrogen (secondary N) is 1. The number of amides is 1. The first-order valence-electron chi connectivity index (χ1n) is 7.49. The molecule has 3 rings (SSSR count). The highest BCUT2D eigenvalue weighted by molar-refractivity contribution is 6.30. The van der Waals surface area contributed by atoms with Crippen molar-refractivity contribution in [2.24, 2.45) is 0 Å². The number of rotatable bonds is 5. The summed E-state index contributed by atoms with van der Waals surface area (Å²) in [4.78, 5) is 31.9. The van der Waals surface area contributed by atoms with Crippen LogP contribution in [0.5, 0.6) is 0 Å². The van der Waals surface area contributed by atoms with E-state index < -0.39 is 0 Å². The highest BCUT2D eigenvalue weighted by atomic mass is 35.5. The minimum atomic E-state index is -0.294. The summed E-state index contributed by atoms with van der Waals surface area (Å²) in [5.41, 5.74) is 0.841. The molecule has 0 bridgehead atoms. The van der Waals surface area contributed by atoms with Gasteiger partial charge >= 0.3 is 0 Å². The summed E-state index contributed by atoms with van der Waals surface area (Å²) in [6.45, 7) is 2.22. The molecule has 0 aromatic carbocycles. The third-order valence-electron chi connectivity index (χ3n) is 3.31. The van der Waals surface area contributed by atoms with Gasteiger partial charge < -0.3 is 14.4 Å². The molecule has 0 saturated carbocycles. The quantitative estimate of drug-likeness (QED) is 0.744. The lowest BCUT2D eigenvalue weighted by Crippen LogP contribution is -2.31. The van der Waals surface area contributed by atoms with Crippen molar-refractivity contribution in [1.82, 2.24) is 25.0 Å². The number of aromatic nitrogens is 4. The van der Waals surface area contributed by atoms with E-state index in [1.165, 1.54) is 23.0 Å². The summed E-state index contributed by atoms with van der Waals surface area (Å²) in [5.74, 6) is 0.298. The van der Waals surface area contributed by atoms with Crippen LogP contribution in [0.25, 0.3) is 22.8 Å². The van der Waals surface area contributed by atoms with Crippen molar-refractivity contribution in [3.8, 4) is 22.8 Å². The van der Waals surface area contributed by atoms with Crippen LogP contribution in [0.4, 0.5) is 0 Å². The van der Waals surface area contributed by atoms with Crippen molar-refractivity contribution in [2.45, 2.75) is 13.5 Å². The second-order valence-corrected chi connectivity index (χ2v) is 5.59. The fraction of sp³-hybridized carbons (Fsp3) is 0.188. The van der Waals surface area contributed by atoms with Crippen molar-refractivity contribution in [2.75, 3.05) is 6.54 Å². The Labute approximate surface area is 147 Å². The van der Waals surface area contributed by atoms with Gasteiger partial charge in [0.15, 0.2) is 0 Å². The van der Waals surface area contributed by atoms with E-state index in [9.17, 15) is 9.59 Å². The maximum absolute atomic E-state index is 11.9. The van der Waals surface area contributed by atoms with Gasteiger partial charge in [-0.25, -0.2) is 0 Å². The SMILES string of the molecule is CCNC(=O)Cn1cc(-c2noc(-c3cncc(Cl)c3)n2)ccc1=O. The van der Waals surface area contributed by atoms with E-state index in [1.54, 1.807) is 18.3 Å². The van der Waals surface area contributed by atoms with Crippen LogP contribution in [-0.4, -0.2) is 32.1 Å². The number of likely N-dealkylation sites (N-methyl/N-ethyl adjacent to an activating group) is 1. The molecule has 25 heavy (non-hydrogen) atoms. The monoisotopic (exact) mass is 359 g/mol. The first-order chi connectivity index (χ1) is 12.1. The number of hydrogen-bond acceptors (Lipinski definition) is 6. The lowest BCUT2D eigenvalue weighted by molar-refractivity contribution is -0.121. The second-order valence-electron chi connectivity index (χ2n) is 5.15. The molecule has 0 atom stereocenters. The van der Waals surface area contributed by atoms with Gasteiger partial charge in [-0.3, -0.25) is 14.6 Å². The van der Waals surface area contributed by atoms with Crippen LogP contribution < -0.4 is 10.9 Å². The molecule has 1 N–H and O–H groups in total. The molecule has 3 heterocycles. The van der Waals surface area contributed by atoms with E-state index in [0.29, 0.717) is 28.5 Å². The summed E-state index contributed by atoms with van der Waals surface area (Å²) in [6, 6.07) is 4.58. The molecule has 128 valence electrons. The molecule has 0 radical (unpaired) electrons. The standard InChI is InChI=1S/C16H14ClN5O3/c1-2-19-13(23)9-22-8-10(3-4-14(22)24)15-20-16(25-21-15)11-5-12(17)7-18-6-11/h3-8H,2,9H2,1H3,(H,19,23). The predicted molar refractivity (Wildman–Crippen MR) is 90.9 cm³/mol. The van der Waals surface area contributed by atoms with Crippen LogP contribution in [0, 0.1) is 0 Å².